The van der Waals surface area contributed by atoms with Crippen molar-refractivity contribution in [3.05, 3.63) is 0 Å². The molecule has 0 radical (unpaired) electrons. The van der Waals surface area contributed by atoms with E-state index >= 15 is 0 Å². The van der Waals surface area contributed by atoms with Crippen LogP contribution in [-0.4, -0.2) is 13.2 Å². The second-order valence-electron chi connectivity index (χ2n) is 4.21. The van der Waals surface area contributed by atoms with Gasteiger partial charge < -0.3 is 4.74 Å². The van der Waals surface area contributed by atoms with E-state index in [4.69, 9.17) is 4.74 Å². The van der Waals surface area contributed by atoms with Gasteiger partial charge in [0.1, 0.15) is 0 Å². The second kappa shape index (κ2) is 8.55. The molecule has 0 aliphatic carbocycles. The number of hydrogen-bond donors (Lipinski definition) is 0. The molecule has 1 heteroatoms. The van der Waals surface area contributed by atoms with Crippen LogP contribution >= 0.6 is 0 Å². The molecule has 0 N–H and O–H groups in total. The fraction of sp³-hybridized carbons (Fsp3) is 1.00. The summed E-state index contributed by atoms with van der Waals surface area (Å²) in [6.07, 6.45) is 5.39. The summed E-state index contributed by atoms with van der Waals surface area (Å²) in [6, 6.07) is 0. The van der Waals surface area contributed by atoms with Crippen molar-refractivity contribution in [3.8, 4) is 0 Å². The maximum Gasteiger partial charge on any atom is 0.0491 e. The molecule has 0 saturated carbocycles. The van der Waals surface area contributed by atoms with Crippen LogP contribution in [0.15, 0.2) is 0 Å². The average Bonchev–Trinajstić information content (AvgIpc) is 2.14. The monoisotopic (exact) mass is 186 g/mol. The summed E-state index contributed by atoms with van der Waals surface area (Å²) in [5.74, 6) is 1.64. The van der Waals surface area contributed by atoms with Gasteiger partial charge >= 0.3 is 0 Å². The molecule has 0 amide bonds. The zero-order valence-corrected chi connectivity index (χ0v) is 9.81. The Hall–Kier alpha value is -0.0400. The lowest BCUT2D eigenvalue weighted by atomic mass is 9.97. The van der Waals surface area contributed by atoms with Gasteiger partial charge in [0.15, 0.2) is 0 Å². The van der Waals surface area contributed by atoms with Crippen molar-refractivity contribution in [2.45, 2.75) is 53.4 Å². The third kappa shape index (κ3) is 8.29. The minimum Gasteiger partial charge on any atom is -0.381 e. The van der Waals surface area contributed by atoms with E-state index in [1.165, 1.54) is 25.7 Å². The van der Waals surface area contributed by atoms with Gasteiger partial charge in [-0.1, -0.05) is 40.0 Å². The van der Waals surface area contributed by atoms with Gasteiger partial charge in [-0.05, 0) is 25.2 Å². The van der Waals surface area contributed by atoms with Crippen molar-refractivity contribution in [1.82, 2.24) is 0 Å². The molecule has 80 valence electrons. The molecule has 0 bridgehead atoms. The smallest absolute Gasteiger partial charge is 0.0491 e. The summed E-state index contributed by atoms with van der Waals surface area (Å²) < 4.78 is 5.38. The molecule has 2 atom stereocenters. The molecule has 13 heavy (non-hydrogen) atoms. The van der Waals surface area contributed by atoms with Gasteiger partial charge in [-0.3, -0.25) is 0 Å². The molecular formula is C12H26O. The molecule has 0 heterocycles. The van der Waals surface area contributed by atoms with Crippen LogP contribution in [0.4, 0.5) is 0 Å². The average molecular weight is 186 g/mol. The molecule has 2 unspecified atom stereocenters. The van der Waals surface area contributed by atoms with Crippen molar-refractivity contribution in [1.29, 1.82) is 0 Å². The first-order chi connectivity index (χ1) is 6.20. The van der Waals surface area contributed by atoms with Gasteiger partial charge in [0.05, 0.1) is 0 Å². The molecule has 0 fully saturated rings. The van der Waals surface area contributed by atoms with Crippen molar-refractivity contribution in [3.63, 3.8) is 0 Å². The highest BCUT2D eigenvalue weighted by Crippen LogP contribution is 2.15. The normalized spacial score (nSPS) is 15.7. The molecule has 0 aromatic heterocycles. The van der Waals surface area contributed by atoms with Gasteiger partial charge in [0.25, 0.3) is 0 Å². The van der Waals surface area contributed by atoms with Gasteiger partial charge in [-0.25, -0.2) is 0 Å². The van der Waals surface area contributed by atoms with Crippen LogP contribution in [0.5, 0.6) is 0 Å². The lowest BCUT2D eigenvalue weighted by molar-refractivity contribution is 0.112. The zero-order chi connectivity index (χ0) is 10.1. The highest BCUT2D eigenvalue weighted by atomic mass is 16.5. The predicted octanol–water partition coefficient (Wildman–Crippen LogP) is 3.88. The SMILES string of the molecule is CCOCC(C)CCCC(C)CC. The first-order valence-corrected chi connectivity index (χ1v) is 5.78. The van der Waals surface area contributed by atoms with E-state index in [1.54, 1.807) is 0 Å². The van der Waals surface area contributed by atoms with Crippen LogP contribution in [0, 0.1) is 11.8 Å². The summed E-state index contributed by atoms with van der Waals surface area (Å²) in [6.45, 7) is 10.8. The number of rotatable bonds is 8. The van der Waals surface area contributed by atoms with E-state index in [1.807, 2.05) is 0 Å². The Morgan fingerprint density at radius 2 is 1.62 bits per heavy atom. The van der Waals surface area contributed by atoms with Crippen LogP contribution < -0.4 is 0 Å². The van der Waals surface area contributed by atoms with Crippen molar-refractivity contribution in [2.24, 2.45) is 11.8 Å². The first-order valence-electron chi connectivity index (χ1n) is 5.78. The van der Waals surface area contributed by atoms with E-state index in [9.17, 15) is 0 Å². The van der Waals surface area contributed by atoms with Crippen LogP contribution in [0.3, 0.4) is 0 Å². The highest BCUT2D eigenvalue weighted by Gasteiger charge is 2.03. The summed E-state index contributed by atoms with van der Waals surface area (Å²) in [5.41, 5.74) is 0. The largest absolute Gasteiger partial charge is 0.381 e. The summed E-state index contributed by atoms with van der Waals surface area (Å²) in [4.78, 5) is 0. The standard InChI is InChI=1S/C12H26O/c1-5-11(3)8-7-9-12(4)10-13-6-2/h11-12H,5-10H2,1-4H3. The van der Waals surface area contributed by atoms with E-state index in [2.05, 4.69) is 27.7 Å². The molecule has 0 spiro atoms. The molecule has 0 aliphatic heterocycles. The third-order valence-electron chi connectivity index (χ3n) is 2.70. The van der Waals surface area contributed by atoms with Crippen LogP contribution in [0.2, 0.25) is 0 Å². The molecule has 0 aromatic carbocycles. The Labute approximate surface area is 83.9 Å². The Balaban J connectivity index is 3.21. The third-order valence-corrected chi connectivity index (χ3v) is 2.70. The molecule has 0 aromatic rings. The minimum absolute atomic E-state index is 0.740. The molecule has 0 rings (SSSR count). The van der Waals surface area contributed by atoms with Crippen molar-refractivity contribution in [2.75, 3.05) is 13.2 Å². The lowest BCUT2D eigenvalue weighted by Crippen LogP contribution is -2.06. The van der Waals surface area contributed by atoms with Gasteiger partial charge in [0, 0.05) is 13.2 Å². The fourth-order valence-corrected chi connectivity index (χ4v) is 1.42. The van der Waals surface area contributed by atoms with Crippen LogP contribution in [-0.2, 0) is 4.74 Å². The second-order valence-corrected chi connectivity index (χ2v) is 4.21. The Bertz CT molecular complexity index is 101. The zero-order valence-electron chi connectivity index (χ0n) is 9.81. The van der Waals surface area contributed by atoms with E-state index in [-0.39, 0.29) is 0 Å². The van der Waals surface area contributed by atoms with E-state index in [0.717, 1.165) is 25.0 Å². The topological polar surface area (TPSA) is 9.23 Å². The summed E-state index contributed by atoms with van der Waals surface area (Å²) in [5, 5.41) is 0. The Kier molecular flexibility index (Phi) is 8.53. The number of hydrogen-bond acceptors (Lipinski definition) is 1. The quantitative estimate of drug-likeness (QED) is 0.559. The molecule has 0 aliphatic rings. The first kappa shape index (κ1) is 13.0. The van der Waals surface area contributed by atoms with Gasteiger partial charge in [0.2, 0.25) is 0 Å². The van der Waals surface area contributed by atoms with E-state index < -0.39 is 0 Å². The minimum atomic E-state index is 0.740. The van der Waals surface area contributed by atoms with Gasteiger partial charge in [-0.2, -0.15) is 0 Å². The van der Waals surface area contributed by atoms with Crippen molar-refractivity contribution >= 4 is 0 Å². The maximum atomic E-state index is 5.38. The molecule has 0 saturated heterocycles. The van der Waals surface area contributed by atoms with Crippen LogP contribution in [0.1, 0.15) is 53.4 Å². The maximum absolute atomic E-state index is 5.38. The predicted molar refractivity (Wildman–Crippen MR) is 59.0 cm³/mol. The summed E-state index contributed by atoms with van der Waals surface area (Å²) >= 11 is 0. The molecule has 1 nitrogen and oxygen atoms in total. The molecular weight excluding hydrogens is 160 g/mol. The van der Waals surface area contributed by atoms with Crippen molar-refractivity contribution < 1.29 is 4.74 Å². The van der Waals surface area contributed by atoms with Crippen LogP contribution in [0.25, 0.3) is 0 Å². The Morgan fingerprint density at radius 3 is 2.15 bits per heavy atom. The lowest BCUT2D eigenvalue weighted by Gasteiger charge is -2.12. The van der Waals surface area contributed by atoms with E-state index in [0.29, 0.717) is 0 Å². The van der Waals surface area contributed by atoms with Gasteiger partial charge in [-0.15, -0.1) is 0 Å². The Morgan fingerprint density at radius 1 is 1.00 bits per heavy atom. The summed E-state index contributed by atoms with van der Waals surface area (Å²) in [7, 11) is 0. The number of ether oxygens (including phenoxy) is 1. The fourth-order valence-electron chi connectivity index (χ4n) is 1.42. The highest BCUT2D eigenvalue weighted by molar-refractivity contribution is 4.55.